The summed E-state index contributed by atoms with van der Waals surface area (Å²) >= 11 is 1.73. The van der Waals surface area contributed by atoms with Crippen LogP contribution in [0.2, 0.25) is 0 Å². The van der Waals surface area contributed by atoms with Gasteiger partial charge in [-0.1, -0.05) is 0 Å². The first-order valence-electron chi connectivity index (χ1n) is 7.54. The Morgan fingerprint density at radius 2 is 2.40 bits per heavy atom. The molecule has 5 heteroatoms. The van der Waals surface area contributed by atoms with Crippen molar-refractivity contribution in [2.75, 3.05) is 19.7 Å². The summed E-state index contributed by atoms with van der Waals surface area (Å²) in [6.07, 6.45) is 5.08. The van der Waals surface area contributed by atoms with Gasteiger partial charge in [-0.15, -0.1) is 11.3 Å². The highest BCUT2D eigenvalue weighted by atomic mass is 32.1. The maximum Gasteiger partial charge on any atom is 0.225 e. The molecule has 3 heterocycles. The van der Waals surface area contributed by atoms with Gasteiger partial charge in [0.2, 0.25) is 5.91 Å². The van der Waals surface area contributed by atoms with Crippen LogP contribution in [-0.4, -0.2) is 41.6 Å². The molecule has 1 aromatic rings. The Morgan fingerprint density at radius 1 is 1.50 bits per heavy atom. The highest BCUT2D eigenvalue weighted by Crippen LogP contribution is 2.29. The van der Waals surface area contributed by atoms with Crippen LogP contribution in [0, 0.1) is 6.92 Å². The van der Waals surface area contributed by atoms with Gasteiger partial charge in [-0.25, -0.2) is 4.98 Å². The minimum Gasteiger partial charge on any atom is -0.378 e. The van der Waals surface area contributed by atoms with Crippen LogP contribution >= 0.6 is 11.3 Å². The normalized spacial score (nSPS) is 26.9. The standard InChI is InChI=1S/C15H22N2O2S/c1-11-10-20-15(16-11)12-4-2-6-17(9-12)14(18)8-13-5-3-7-19-13/h10,12-13H,2-9H2,1H3/t12-,13-/m0/s1. The highest BCUT2D eigenvalue weighted by Gasteiger charge is 2.28. The lowest BCUT2D eigenvalue weighted by molar-refractivity contribution is -0.134. The van der Waals surface area contributed by atoms with Crippen molar-refractivity contribution in [1.29, 1.82) is 0 Å². The molecule has 2 aliphatic rings. The number of ether oxygens (including phenoxy) is 1. The third-order valence-electron chi connectivity index (χ3n) is 4.19. The maximum atomic E-state index is 12.4. The fourth-order valence-corrected chi connectivity index (χ4v) is 4.02. The molecule has 0 aromatic carbocycles. The zero-order chi connectivity index (χ0) is 13.9. The average Bonchev–Trinajstić information content (AvgIpc) is 3.10. The Labute approximate surface area is 124 Å². The molecule has 2 atom stereocenters. The minimum atomic E-state index is 0.157. The molecule has 1 aromatic heterocycles. The number of amides is 1. The topological polar surface area (TPSA) is 42.4 Å². The van der Waals surface area contributed by atoms with Crippen LogP contribution in [0.4, 0.5) is 0 Å². The van der Waals surface area contributed by atoms with E-state index in [-0.39, 0.29) is 12.0 Å². The molecule has 0 N–H and O–H groups in total. The van der Waals surface area contributed by atoms with Crippen LogP contribution in [0.5, 0.6) is 0 Å². The largest absolute Gasteiger partial charge is 0.378 e. The lowest BCUT2D eigenvalue weighted by Gasteiger charge is -2.32. The Kier molecular flexibility index (Phi) is 4.36. The van der Waals surface area contributed by atoms with E-state index in [9.17, 15) is 4.79 Å². The summed E-state index contributed by atoms with van der Waals surface area (Å²) in [7, 11) is 0. The predicted octanol–water partition coefficient (Wildman–Crippen LogP) is 2.73. The highest BCUT2D eigenvalue weighted by molar-refractivity contribution is 7.09. The van der Waals surface area contributed by atoms with Gasteiger partial charge in [0.15, 0.2) is 0 Å². The average molecular weight is 294 g/mol. The van der Waals surface area contributed by atoms with E-state index in [4.69, 9.17) is 4.74 Å². The fourth-order valence-electron chi connectivity index (χ4n) is 3.09. The molecule has 0 aliphatic carbocycles. The summed E-state index contributed by atoms with van der Waals surface area (Å²) in [5, 5.41) is 3.29. The molecular weight excluding hydrogens is 272 g/mol. The van der Waals surface area contributed by atoms with E-state index in [1.807, 2.05) is 11.8 Å². The summed E-state index contributed by atoms with van der Waals surface area (Å²) in [6, 6.07) is 0. The van der Waals surface area contributed by atoms with Crippen molar-refractivity contribution >= 4 is 17.2 Å². The summed E-state index contributed by atoms with van der Waals surface area (Å²) < 4.78 is 5.57. The van der Waals surface area contributed by atoms with Crippen molar-refractivity contribution in [2.45, 2.75) is 51.0 Å². The Bertz CT molecular complexity index is 468. The predicted molar refractivity (Wildman–Crippen MR) is 79.0 cm³/mol. The molecule has 2 fully saturated rings. The van der Waals surface area contributed by atoms with Crippen LogP contribution in [0.3, 0.4) is 0 Å². The van der Waals surface area contributed by atoms with Crippen LogP contribution in [-0.2, 0) is 9.53 Å². The third kappa shape index (κ3) is 3.20. The summed E-state index contributed by atoms with van der Waals surface area (Å²) in [6.45, 7) is 4.58. The lowest BCUT2D eigenvalue weighted by Crippen LogP contribution is -2.40. The quantitative estimate of drug-likeness (QED) is 0.861. The van der Waals surface area contributed by atoms with E-state index >= 15 is 0 Å². The Hall–Kier alpha value is -0.940. The van der Waals surface area contributed by atoms with E-state index < -0.39 is 0 Å². The molecule has 0 saturated carbocycles. The zero-order valence-corrected chi connectivity index (χ0v) is 12.8. The van der Waals surface area contributed by atoms with E-state index in [2.05, 4.69) is 10.4 Å². The number of piperidine rings is 1. The van der Waals surface area contributed by atoms with Crippen LogP contribution in [0.15, 0.2) is 5.38 Å². The second kappa shape index (κ2) is 6.22. The van der Waals surface area contributed by atoms with Gasteiger partial charge >= 0.3 is 0 Å². The monoisotopic (exact) mass is 294 g/mol. The molecule has 20 heavy (non-hydrogen) atoms. The lowest BCUT2D eigenvalue weighted by atomic mass is 9.98. The number of hydrogen-bond donors (Lipinski definition) is 0. The van der Waals surface area contributed by atoms with Gasteiger partial charge in [0.1, 0.15) is 0 Å². The van der Waals surface area contributed by atoms with Crippen LogP contribution < -0.4 is 0 Å². The smallest absolute Gasteiger partial charge is 0.225 e. The molecule has 4 nitrogen and oxygen atoms in total. The maximum absolute atomic E-state index is 12.4. The molecule has 3 rings (SSSR count). The molecule has 0 spiro atoms. The molecule has 0 bridgehead atoms. The molecule has 2 aliphatic heterocycles. The van der Waals surface area contributed by atoms with Crippen molar-refractivity contribution in [3.05, 3.63) is 16.1 Å². The number of rotatable bonds is 3. The van der Waals surface area contributed by atoms with E-state index in [0.717, 1.165) is 51.1 Å². The van der Waals surface area contributed by atoms with Gasteiger partial charge in [-0.3, -0.25) is 4.79 Å². The number of carbonyl (C=O) groups is 1. The number of thiazole rings is 1. The second-order valence-electron chi connectivity index (χ2n) is 5.85. The summed E-state index contributed by atoms with van der Waals surface area (Å²) in [4.78, 5) is 19.0. The minimum absolute atomic E-state index is 0.157. The van der Waals surface area contributed by atoms with Crippen LogP contribution in [0.1, 0.15) is 48.7 Å². The Balaban J connectivity index is 1.58. The fraction of sp³-hybridized carbons (Fsp3) is 0.733. The number of likely N-dealkylation sites (tertiary alicyclic amines) is 1. The Morgan fingerprint density at radius 3 is 3.10 bits per heavy atom. The number of aromatic nitrogens is 1. The number of hydrogen-bond acceptors (Lipinski definition) is 4. The molecule has 0 unspecified atom stereocenters. The molecule has 1 amide bonds. The first kappa shape index (κ1) is 14.0. The summed E-state index contributed by atoms with van der Waals surface area (Å²) in [5.74, 6) is 0.686. The SMILES string of the molecule is Cc1csc([C@H]2CCCN(C(=O)C[C@@H]3CCCO3)C2)n1. The van der Waals surface area contributed by atoms with Gasteiger partial charge in [0.05, 0.1) is 17.5 Å². The van der Waals surface area contributed by atoms with Gasteiger partial charge in [-0.2, -0.15) is 0 Å². The molecule has 110 valence electrons. The second-order valence-corrected chi connectivity index (χ2v) is 6.73. The van der Waals surface area contributed by atoms with Gasteiger partial charge in [0, 0.05) is 36.7 Å². The van der Waals surface area contributed by atoms with Gasteiger partial charge in [0.25, 0.3) is 0 Å². The van der Waals surface area contributed by atoms with Crippen molar-refractivity contribution in [1.82, 2.24) is 9.88 Å². The number of carbonyl (C=O) groups excluding carboxylic acids is 1. The molecule has 0 radical (unpaired) electrons. The molecular formula is C15H22N2O2S. The van der Waals surface area contributed by atoms with Crippen LogP contribution in [0.25, 0.3) is 0 Å². The number of nitrogens with zero attached hydrogens (tertiary/aromatic N) is 2. The first-order chi connectivity index (χ1) is 9.72. The zero-order valence-electron chi connectivity index (χ0n) is 12.0. The molecule has 2 saturated heterocycles. The van der Waals surface area contributed by atoms with Crippen molar-refractivity contribution in [3.8, 4) is 0 Å². The van der Waals surface area contributed by atoms with E-state index in [1.54, 1.807) is 11.3 Å². The van der Waals surface area contributed by atoms with Gasteiger partial charge < -0.3 is 9.64 Å². The first-order valence-corrected chi connectivity index (χ1v) is 8.42. The third-order valence-corrected chi connectivity index (χ3v) is 5.31. The van der Waals surface area contributed by atoms with Crippen molar-refractivity contribution in [3.63, 3.8) is 0 Å². The van der Waals surface area contributed by atoms with Gasteiger partial charge in [-0.05, 0) is 32.6 Å². The number of aryl methyl sites for hydroxylation is 1. The van der Waals surface area contributed by atoms with Crippen molar-refractivity contribution in [2.24, 2.45) is 0 Å². The summed E-state index contributed by atoms with van der Waals surface area (Å²) in [5.41, 5.74) is 1.09. The van der Waals surface area contributed by atoms with E-state index in [1.165, 1.54) is 5.01 Å². The van der Waals surface area contributed by atoms with E-state index in [0.29, 0.717) is 12.3 Å². The van der Waals surface area contributed by atoms with Crippen molar-refractivity contribution < 1.29 is 9.53 Å².